The summed E-state index contributed by atoms with van der Waals surface area (Å²) in [5.74, 6) is -0.0163. The molecule has 0 atom stereocenters. The van der Waals surface area contributed by atoms with Crippen molar-refractivity contribution in [3.63, 3.8) is 0 Å². The zero-order valence-electron chi connectivity index (χ0n) is 14.2. The molecule has 20 heavy (non-hydrogen) atoms. The van der Waals surface area contributed by atoms with Gasteiger partial charge in [0.1, 0.15) is 0 Å². The van der Waals surface area contributed by atoms with E-state index in [9.17, 15) is 4.79 Å². The summed E-state index contributed by atoms with van der Waals surface area (Å²) in [7, 11) is 6.47. The molecule has 120 valence electrons. The van der Waals surface area contributed by atoms with Crippen LogP contribution in [0, 0.1) is 0 Å². The average molecular weight is 286 g/mol. The van der Waals surface area contributed by atoms with E-state index >= 15 is 0 Å². The molecule has 0 bridgehead atoms. The highest BCUT2D eigenvalue weighted by Gasteiger charge is 2.07. The van der Waals surface area contributed by atoms with Gasteiger partial charge in [0.2, 0.25) is 0 Å². The maximum atomic E-state index is 11.5. The Labute approximate surface area is 126 Å². The summed E-state index contributed by atoms with van der Waals surface area (Å²) in [6, 6.07) is 0. The minimum atomic E-state index is -0.0163. The van der Waals surface area contributed by atoms with Crippen LogP contribution < -0.4 is 0 Å². The fourth-order valence-electron chi connectivity index (χ4n) is 2.20. The standard InChI is InChI=1S/C17H36NO2/c1-5-6-7-8-9-10-11-12-14-17(19)20-16-13-15-18(2,3)4/h5-16H2,1-4H3/q+1. The van der Waals surface area contributed by atoms with Crippen molar-refractivity contribution in [2.45, 2.75) is 71.1 Å². The van der Waals surface area contributed by atoms with Crippen LogP contribution >= 0.6 is 0 Å². The Morgan fingerprint density at radius 2 is 1.40 bits per heavy atom. The number of ether oxygens (including phenoxy) is 1. The highest BCUT2D eigenvalue weighted by molar-refractivity contribution is 5.69. The van der Waals surface area contributed by atoms with Gasteiger partial charge in [0, 0.05) is 12.8 Å². The SMILES string of the molecule is CCCCCCCCCCC(=O)OCCC[N+](C)(C)C. The molecule has 0 N–H and O–H groups in total. The van der Waals surface area contributed by atoms with Crippen LogP contribution in [0.1, 0.15) is 71.1 Å². The van der Waals surface area contributed by atoms with Gasteiger partial charge in [-0.05, 0) is 6.42 Å². The molecule has 0 aromatic heterocycles. The van der Waals surface area contributed by atoms with Crippen molar-refractivity contribution in [3.8, 4) is 0 Å². The molecule has 0 aromatic carbocycles. The van der Waals surface area contributed by atoms with E-state index in [0.29, 0.717) is 13.0 Å². The Morgan fingerprint density at radius 1 is 0.850 bits per heavy atom. The zero-order valence-corrected chi connectivity index (χ0v) is 14.2. The zero-order chi connectivity index (χ0) is 15.3. The van der Waals surface area contributed by atoms with Crippen LogP contribution in [0.2, 0.25) is 0 Å². The molecular weight excluding hydrogens is 250 g/mol. The van der Waals surface area contributed by atoms with Crippen molar-refractivity contribution in [3.05, 3.63) is 0 Å². The fourth-order valence-corrected chi connectivity index (χ4v) is 2.20. The van der Waals surface area contributed by atoms with Crippen molar-refractivity contribution in [2.75, 3.05) is 34.3 Å². The van der Waals surface area contributed by atoms with Crippen LogP contribution in [0.4, 0.5) is 0 Å². The van der Waals surface area contributed by atoms with E-state index < -0.39 is 0 Å². The predicted molar refractivity (Wildman–Crippen MR) is 85.7 cm³/mol. The molecule has 0 amide bonds. The third kappa shape index (κ3) is 15.5. The van der Waals surface area contributed by atoms with E-state index in [1.807, 2.05) is 0 Å². The van der Waals surface area contributed by atoms with E-state index in [2.05, 4.69) is 28.1 Å². The van der Waals surface area contributed by atoms with Crippen molar-refractivity contribution in [2.24, 2.45) is 0 Å². The molecule has 0 saturated heterocycles. The first kappa shape index (κ1) is 19.4. The first-order valence-corrected chi connectivity index (χ1v) is 8.42. The quantitative estimate of drug-likeness (QED) is 0.289. The summed E-state index contributed by atoms with van der Waals surface area (Å²) in [5, 5.41) is 0. The second kappa shape index (κ2) is 12.2. The van der Waals surface area contributed by atoms with Crippen LogP contribution in [0.25, 0.3) is 0 Å². The smallest absolute Gasteiger partial charge is 0.305 e. The molecule has 3 nitrogen and oxygen atoms in total. The summed E-state index contributed by atoms with van der Waals surface area (Å²) in [6.45, 7) is 3.86. The number of hydrogen-bond donors (Lipinski definition) is 0. The van der Waals surface area contributed by atoms with Crippen molar-refractivity contribution < 1.29 is 14.0 Å². The largest absolute Gasteiger partial charge is 0.465 e. The molecule has 0 heterocycles. The van der Waals surface area contributed by atoms with Gasteiger partial charge >= 0.3 is 5.97 Å². The maximum Gasteiger partial charge on any atom is 0.305 e. The van der Waals surface area contributed by atoms with Crippen molar-refractivity contribution >= 4 is 5.97 Å². The number of hydrogen-bond acceptors (Lipinski definition) is 2. The number of nitrogens with zero attached hydrogens (tertiary/aromatic N) is 1. The lowest BCUT2D eigenvalue weighted by Gasteiger charge is -2.23. The minimum Gasteiger partial charge on any atom is -0.465 e. The maximum absolute atomic E-state index is 11.5. The Balaban J connectivity index is 3.25. The lowest BCUT2D eigenvalue weighted by molar-refractivity contribution is -0.870. The number of unbranched alkanes of at least 4 members (excludes halogenated alkanes) is 7. The first-order chi connectivity index (χ1) is 9.45. The Hall–Kier alpha value is -0.570. The molecule has 0 unspecified atom stereocenters. The topological polar surface area (TPSA) is 26.3 Å². The number of carbonyl (C=O) groups is 1. The number of esters is 1. The molecule has 0 aliphatic rings. The van der Waals surface area contributed by atoms with Gasteiger partial charge in [-0.15, -0.1) is 0 Å². The summed E-state index contributed by atoms with van der Waals surface area (Å²) in [5.41, 5.74) is 0. The Bertz CT molecular complexity index is 234. The molecule has 0 aliphatic carbocycles. The summed E-state index contributed by atoms with van der Waals surface area (Å²) >= 11 is 0. The second-order valence-electron chi connectivity index (χ2n) is 6.81. The minimum absolute atomic E-state index is 0.0163. The summed E-state index contributed by atoms with van der Waals surface area (Å²) in [4.78, 5) is 11.5. The molecule has 0 aliphatic heterocycles. The van der Waals surface area contributed by atoms with Crippen LogP contribution in [0.3, 0.4) is 0 Å². The highest BCUT2D eigenvalue weighted by Crippen LogP contribution is 2.09. The van der Waals surface area contributed by atoms with Gasteiger partial charge < -0.3 is 9.22 Å². The molecule has 0 aromatic rings. The number of rotatable bonds is 13. The van der Waals surface area contributed by atoms with Gasteiger partial charge in [-0.1, -0.05) is 51.9 Å². The number of quaternary nitrogens is 1. The van der Waals surface area contributed by atoms with Gasteiger partial charge in [-0.2, -0.15) is 0 Å². The molecule has 0 saturated carbocycles. The Morgan fingerprint density at radius 3 is 1.95 bits per heavy atom. The van der Waals surface area contributed by atoms with E-state index in [-0.39, 0.29) is 5.97 Å². The molecule has 0 radical (unpaired) electrons. The van der Waals surface area contributed by atoms with E-state index in [1.54, 1.807) is 0 Å². The first-order valence-electron chi connectivity index (χ1n) is 8.42. The van der Waals surface area contributed by atoms with Crippen molar-refractivity contribution in [1.82, 2.24) is 0 Å². The van der Waals surface area contributed by atoms with E-state index in [4.69, 9.17) is 4.74 Å². The fraction of sp³-hybridized carbons (Fsp3) is 0.941. The van der Waals surface area contributed by atoms with E-state index in [0.717, 1.165) is 23.9 Å². The van der Waals surface area contributed by atoms with Gasteiger partial charge in [0.05, 0.1) is 34.3 Å². The van der Waals surface area contributed by atoms with Gasteiger partial charge in [0.25, 0.3) is 0 Å². The van der Waals surface area contributed by atoms with E-state index in [1.165, 1.54) is 44.9 Å². The predicted octanol–water partition coefficient (Wildman–Crippen LogP) is 4.16. The molecule has 0 spiro atoms. The van der Waals surface area contributed by atoms with Crippen molar-refractivity contribution in [1.29, 1.82) is 0 Å². The number of carbonyl (C=O) groups excluding carboxylic acids is 1. The Kier molecular flexibility index (Phi) is 11.8. The van der Waals surface area contributed by atoms with Crippen LogP contribution in [0.15, 0.2) is 0 Å². The lowest BCUT2D eigenvalue weighted by Crippen LogP contribution is -2.35. The summed E-state index contributed by atoms with van der Waals surface area (Å²) < 4.78 is 6.17. The lowest BCUT2D eigenvalue weighted by atomic mass is 10.1. The summed E-state index contributed by atoms with van der Waals surface area (Å²) in [6.07, 6.45) is 11.7. The monoisotopic (exact) mass is 286 g/mol. The van der Waals surface area contributed by atoms with Crippen LogP contribution in [-0.2, 0) is 9.53 Å². The van der Waals surface area contributed by atoms with Crippen LogP contribution in [-0.4, -0.2) is 44.7 Å². The second-order valence-corrected chi connectivity index (χ2v) is 6.81. The molecular formula is C17H36NO2+. The third-order valence-electron chi connectivity index (χ3n) is 3.47. The highest BCUT2D eigenvalue weighted by atomic mass is 16.5. The average Bonchev–Trinajstić information content (AvgIpc) is 2.37. The molecule has 3 heteroatoms. The molecule has 0 rings (SSSR count). The third-order valence-corrected chi connectivity index (χ3v) is 3.47. The van der Waals surface area contributed by atoms with Gasteiger partial charge in [-0.25, -0.2) is 0 Å². The van der Waals surface area contributed by atoms with Gasteiger partial charge in [0.15, 0.2) is 0 Å². The molecule has 0 fully saturated rings. The van der Waals surface area contributed by atoms with Crippen LogP contribution in [0.5, 0.6) is 0 Å². The normalized spacial score (nSPS) is 11.6. The van der Waals surface area contributed by atoms with Gasteiger partial charge in [-0.3, -0.25) is 4.79 Å².